The van der Waals surface area contributed by atoms with Gasteiger partial charge in [-0.3, -0.25) is 14.7 Å². The summed E-state index contributed by atoms with van der Waals surface area (Å²) in [6, 6.07) is 12.7. The van der Waals surface area contributed by atoms with Crippen molar-refractivity contribution >= 4 is 17.3 Å². The molecular formula is C21H26N4O2. The maximum Gasteiger partial charge on any atom is 0.269 e. The minimum absolute atomic E-state index is 0.120. The van der Waals surface area contributed by atoms with Crippen LogP contribution < -0.4 is 10.2 Å². The summed E-state index contributed by atoms with van der Waals surface area (Å²) in [6.45, 7) is 7.06. The monoisotopic (exact) mass is 366 g/mol. The molecule has 6 nitrogen and oxygen atoms in total. The van der Waals surface area contributed by atoms with E-state index in [1.54, 1.807) is 6.20 Å². The van der Waals surface area contributed by atoms with E-state index in [4.69, 9.17) is 4.74 Å². The minimum atomic E-state index is -0.120. The maximum absolute atomic E-state index is 12.5. The molecule has 1 N–H and O–H groups in total. The normalized spacial score (nSPS) is 19.7. The molecule has 0 bridgehead atoms. The lowest BCUT2D eigenvalue weighted by atomic mass is 10.1. The van der Waals surface area contributed by atoms with Gasteiger partial charge in [0.15, 0.2) is 0 Å². The van der Waals surface area contributed by atoms with Crippen molar-refractivity contribution in [1.82, 2.24) is 15.2 Å². The van der Waals surface area contributed by atoms with E-state index in [1.807, 2.05) is 12.1 Å². The van der Waals surface area contributed by atoms with Gasteiger partial charge < -0.3 is 15.0 Å². The van der Waals surface area contributed by atoms with E-state index in [2.05, 4.69) is 51.3 Å². The Morgan fingerprint density at radius 1 is 1.26 bits per heavy atom. The summed E-state index contributed by atoms with van der Waals surface area (Å²) in [5.74, 6) is -0.120. The van der Waals surface area contributed by atoms with Crippen LogP contribution >= 0.6 is 0 Å². The Balaban J connectivity index is 1.42. The number of hydrogen-bond donors (Lipinski definition) is 1. The van der Waals surface area contributed by atoms with Crippen molar-refractivity contribution in [1.29, 1.82) is 0 Å². The zero-order valence-electron chi connectivity index (χ0n) is 15.7. The first-order valence-corrected chi connectivity index (χ1v) is 9.64. The molecule has 2 aromatic rings. The third-order valence-corrected chi connectivity index (χ3v) is 5.28. The van der Waals surface area contributed by atoms with Crippen LogP contribution in [0.25, 0.3) is 0 Å². The fraction of sp³-hybridized carbons (Fsp3) is 0.429. The van der Waals surface area contributed by atoms with E-state index in [9.17, 15) is 4.79 Å². The molecule has 1 fully saturated rings. The quantitative estimate of drug-likeness (QED) is 0.879. The van der Waals surface area contributed by atoms with Crippen LogP contribution in [0, 0.1) is 0 Å². The Kier molecular flexibility index (Phi) is 5.36. The number of amides is 1. The summed E-state index contributed by atoms with van der Waals surface area (Å²) in [4.78, 5) is 21.4. The number of carbonyl (C=O) groups is 1. The average Bonchev–Trinajstić information content (AvgIpc) is 3.04. The van der Waals surface area contributed by atoms with E-state index in [0.29, 0.717) is 18.3 Å². The predicted octanol–water partition coefficient (Wildman–Crippen LogP) is 2.23. The number of aromatic nitrogens is 1. The predicted molar refractivity (Wildman–Crippen MR) is 106 cm³/mol. The summed E-state index contributed by atoms with van der Waals surface area (Å²) in [5, 5.41) is 2.99. The van der Waals surface area contributed by atoms with Gasteiger partial charge in [-0.2, -0.15) is 0 Å². The van der Waals surface area contributed by atoms with E-state index >= 15 is 0 Å². The number of nitrogens with one attached hydrogen (secondary N) is 1. The number of ether oxygens (including phenoxy) is 1. The van der Waals surface area contributed by atoms with Crippen LogP contribution in [0.15, 0.2) is 42.6 Å². The summed E-state index contributed by atoms with van der Waals surface area (Å²) >= 11 is 0. The van der Waals surface area contributed by atoms with Crippen LogP contribution in [0.2, 0.25) is 0 Å². The zero-order valence-corrected chi connectivity index (χ0v) is 15.7. The first kappa shape index (κ1) is 17.9. The van der Waals surface area contributed by atoms with Gasteiger partial charge in [0, 0.05) is 49.8 Å². The number of fused-ring (bicyclic) bond motifs is 1. The van der Waals surface area contributed by atoms with E-state index in [-0.39, 0.29) is 5.91 Å². The number of rotatable bonds is 5. The highest BCUT2D eigenvalue weighted by Gasteiger charge is 2.27. The van der Waals surface area contributed by atoms with Crippen molar-refractivity contribution in [3.63, 3.8) is 0 Å². The largest absolute Gasteiger partial charge is 0.379 e. The van der Waals surface area contributed by atoms with Crippen LogP contribution in [-0.4, -0.2) is 61.2 Å². The molecule has 2 aliphatic heterocycles. The number of hydrogen-bond acceptors (Lipinski definition) is 5. The van der Waals surface area contributed by atoms with E-state index in [1.165, 1.54) is 11.3 Å². The van der Waals surface area contributed by atoms with E-state index < -0.39 is 0 Å². The Labute approximate surface area is 160 Å². The Bertz CT molecular complexity index is 804. The highest BCUT2D eigenvalue weighted by molar-refractivity contribution is 5.93. The molecule has 27 heavy (non-hydrogen) atoms. The second-order valence-corrected chi connectivity index (χ2v) is 7.16. The van der Waals surface area contributed by atoms with Crippen molar-refractivity contribution in [2.24, 2.45) is 0 Å². The summed E-state index contributed by atoms with van der Waals surface area (Å²) in [5.41, 5.74) is 4.04. The molecule has 1 saturated heterocycles. The molecule has 1 aromatic carbocycles. The standard InChI is InChI=1S/C21H26N4O2/c1-16-14-17-4-2-3-5-20(17)25(16)18-6-7-22-19(15-18)21(26)23-8-9-24-10-12-27-13-11-24/h2-7,15-16H,8-14H2,1H3,(H,23,26). The minimum Gasteiger partial charge on any atom is -0.379 e. The summed E-state index contributed by atoms with van der Waals surface area (Å²) in [7, 11) is 0. The van der Waals surface area contributed by atoms with Crippen LogP contribution in [0.1, 0.15) is 23.0 Å². The lowest BCUT2D eigenvalue weighted by Crippen LogP contribution is -2.41. The fourth-order valence-electron chi connectivity index (χ4n) is 3.90. The third-order valence-electron chi connectivity index (χ3n) is 5.28. The summed E-state index contributed by atoms with van der Waals surface area (Å²) in [6.07, 6.45) is 2.74. The number of carbonyl (C=O) groups excluding carboxylic acids is 1. The molecular weight excluding hydrogens is 340 g/mol. The molecule has 142 valence electrons. The van der Waals surface area contributed by atoms with Crippen LogP contribution in [0.4, 0.5) is 11.4 Å². The van der Waals surface area contributed by atoms with Gasteiger partial charge in [-0.1, -0.05) is 18.2 Å². The van der Waals surface area contributed by atoms with Crippen LogP contribution in [-0.2, 0) is 11.2 Å². The molecule has 6 heteroatoms. The molecule has 0 saturated carbocycles. The first-order valence-electron chi connectivity index (χ1n) is 9.64. The van der Waals surface area contributed by atoms with Gasteiger partial charge in [-0.25, -0.2) is 0 Å². The number of nitrogens with zero attached hydrogens (tertiary/aromatic N) is 3. The molecule has 3 heterocycles. The Morgan fingerprint density at radius 3 is 2.93 bits per heavy atom. The number of para-hydroxylation sites is 1. The van der Waals surface area contributed by atoms with Gasteiger partial charge in [0.2, 0.25) is 0 Å². The number of morpholine rings is 1. The SMILES string of the molecule is CC1Cc2ccccc2N1c1ccnc(C(=O)NCCN2CCOCC2)c1. The third kappa shape index (κ3) is 3.96. The highest BCUT2D eigenvalue weighted by Crippen LogP contribution is 2.37. The van der Waals surface area contributed by atoms with Gasteiger partial charge in [-0.05, 0) is 37.1 Å². The van der Waals surface area contributed by atoms with Crippen molar-refractivity contribution in [3.8, 4) is 0 Å². The number of benzene rings is 1. The molecule has 1 atom stereocenters. The van der Waals surface area contributed by atoms with Crippen LogP contribution in [0.5, 0.6) is 0 Å². The molecule has 1 unspecified atom stereocenters. The second kappa shape index (κ2) is 8.06. The average molecular weight is 366 g/mol. The Morgan fingerprint density at radius 2 is 2.07 bits per heavy atom. The van der Waals surface area contributed by atoms with Gasteiger partial charge in [0.25, 0.3) is 5.91 Å². The molecule has 0 spiro atoms. The van der Waals surface area contributed by atoms with Gasteiger partial charge >= 0.3 is 0 Å². The number of anilines is 2. The van der Waals surface area contributed by atoms with Crippen molar-refractivity contribution in [3.05, 3.63) is 53.9 Å². The molecule has 1 amide bonds. The lowest BCUT2D eigenvalue weighted by molar-refractivity contribution is 0.0383. The van der Waals surface area contributed by atoms with Crippen LogP contribution in [0.3, 0.4) is 0 Å². The first-order chi connectivity index (χ1) is 13.2. The summed E-state index contributed by atoms with van der Waals surface area (Å²) < 4.78 is 5.35. The topological polar surface area (TPSA) is 57.7 Å². The second-order valence-electron chi connectivity index (χ2n) is 7.16. The smallest absolute Gasteiger partial charge is 0.269 e. The molecule has 1 aromatic heterocycles. The van der Waals surface area contributed by atoms with Gasteiger partial charge in [0.05, 0.1) is 13.2 Å². The lowest BCUT2D eigenvalue weighted by Gasteiger charge is -2.26. The molecule has 0 aliphatic carbocycles. The fourth-order valence-corrected chi connectivity index (χ4v) is 3.90. The molecule has 4 rings (SSSR count). The van der Waals surface area contributed by atoms with Gasteiger partial charge in [0.1, 0.15) is 5.69 Å². The van der Waals surface area contributed by atoms with E-state index in [0.717, 1.165) is 45.0 Å². The maximum atomic E-state index is 12.5. The van der Waals surface area contributed by atoms with Gasteiger partial charge in [-0.15, -0.1) is 0 Å². The zero-order chi connectivity index (χ0) is 18.6. The highest BCUT2D eigenvalue weighted by atomic mass is 16.5. The van der Waals surface area contributed by atoms with Crippen molar-refractivity contribution in [2.45, 2.75) is 19.4 Å². The number of pyridine rings is 1. The van der Waals surface area contributed by atoms with Crippen molar-refractivity contribution < 1.29 is 9.53 Å². The molecule has 2 aliphatic rings. The Hall–Kier alpha value is -2.44. The van der Waals surface area contributed by atoms with Crippen molar-refractivity contribution in [2.75, 3.05) is 44.3 Å². The molecule has 0 radical (unpaired) electrons.